The molecule has 0 saturated heterocycles. The average Bonchev–Trinajstić information content (AvgIpc) is 2.55. The fourth-order valence-corrected chi connectivity index (χ4v) is 4.08. The molecule has 0 radical (unpaired) electrons. The van der Waals surface area contributed by atoms with Crippen LogP contribution in [0.3, 0.4) is 0 Å². The minimum absolute atomic E-state index is 0.178. The normalized spacial score (nSPS) is 20.9. The number of nitrogens with one attached hydrogen (secondary N) is 1. The Morgan fingerprint density at radius 2 is 2.04 bits per heavy atom. The molecule has 23 heavy (non-hydrogen) atoms. The third-order valence-corrected chi connectivity index (χ3v) is 5.26. The van der Waals surface area contributed by atoms with Crippen LogP contribution in [0, 0.1) is 18.3 Å². The summed E-state index contributed by atoms with van der Waals surface area (Å²) in [6.45, 7) is 4.12. The summed E-state index contributed by atoms with van der Waals surface area (Å²) in [5.41, 5.74) is 4.71. The van der Waals surface area contributed by atoms with Crippen LogP contribution in [0.2, 0.25) is 0 Å². The highest BCUT2D eigenvalue weighted by molar-refractivity contribution is 8.03. The van der Waals surface area contributed by atoms with Crippen LogP contribution in [0.15, 0.2) is 46.1 Å². The van der Waals surface area contributed by atoms with Crippen LogP contribution in [0.4, 0.5) is 0 Å². The number of thioether (sulfide) groups is 1. The number of carbonyl (C=O) groups excluding carboxylic acids is 1. The molecule has 2 aliphatic rings. The number of benzene rings is 1. The van der Waals surface area contributed by atoms with Crippen LogP contribution < -0.4 is 5.32 Å². The maximum absolute atomic E-state index is 12.6. The zero-order chi connectivity index (χ0) is 16.4. The van der Waals surface area contributed by atoms with E-state index in [1.54, 1.807) is 11.8 Å². The van der Waals surface area contributed by atoms with Gasteiger partial charge in [0, 0.05) is 17.7 Å². The van der Waals surface area contributed by atoms with Crippen LogP contribution in [0.5, 0.6) is 0 Å². The lowest BCUT2D eigenvalue weighted by atomic mass is 9.77. The summed E-state index contributed by atoms with van der Waals surface area (Å²) in [4.78, 5) is 12.6. The Morgan fingerprint density at radius 3 is 2.70 bits per heavy atom. The van der Waals surface area contributed by atoms with Gasteiger partial charge in [-0.3, -0.25) is 4.79 Å². The second-order valence-corrected chi connectivity index (χ2v) is 7.20. The van der Waals surface area contributed by atoms with Crippen molar-refractivity contribution < 1.29 is 4.79 Å². The van der Waals surface area contributed by atoms with Gasteiger partial charge in [0.05, 0.1) is 22.6 Å². The van der Waals surface area contributed by atoms with Gasteiger partial charge in [0.2, 0.25) is 0 Å². The molecule has 1 heterocycles. The summed E-state index contributed by atoms with van der Waals surface area (Å²) in [5.74, 6) is 0.848. The first-order chi connectivity index (χ1) is 11.2. The Balaban J connectivity index is 2.16. The molecule has 1 aliphatic heterocycles. The molecule has 4 heteroatoms. The third kappa shape index (κ3) is 2.94. The monoisotopic (exact) mass is 324 g/mol. The van der Waals surface area contributed by atoms with E-state index in [0.717, 1.165) is 40.5 Å². The molecule has 0 amide bonds. The summed E-state index contributed by atoms with van der Waals surface area (Å²) in [6, 6.07) is 10.6. The second-order valence-electron chi connectivity index (χ2n) is 5.93. The van der Waals surface area contributed by atoms with Gasteiger partial charge in [-0.1, -0.05) is 36.8 Å². The number of aryl methyl sites for hydroxylation is 1. The van der Waals surface area contributed by atoms with Gasteiger partial charge in [-0.25, -0.2) is 0 Å². The first-order valence-electron chi connectivity index (χ1n) is 8.02. The summed E-state index contributed by atoms with van der Waals surface area (Å²) in [6.07, 6.45) is 2.35. The number of nitriles is 1. The van der Waals surface area contributed by atoms with Crippen molar-refractivity contribution in [1.82, 2.24) is 5.32 Å². The van der Waals surface area contributed by atoms with Gasteiger partial charge in [-0.05, 0) is 31.1 Å². The SMILES string of the molecule is CCSC1=C(C#N)[C@@H](c2ccc(C)cc2)C2=C(CCCC2=O)N1. The fraction of sp³-hybridized carbons (Fsp3) is 0.368. The smallest absolute Gasteiger partial charge is 0.161 e. The quantitative estimate of drug-likeness (QED) is 0.906. The Labute approximate surface area is 141 Å². The van der Waals surface area contributed by atoms with Crippen molar-refractivity contribution in [3.8, 4) is 6.07 Å². The van der Waals surface area contributed by atoms with Crippen LogP contribution >= 0.6 is 11.8 Å². The largest absolute Gasteiger partial charge is 0.352 e. The Hall–Kier alpha value is -1.99. The van der Waals surface area contributed by atoms with E-state index in [9.17, 15) is 10.1 Å². The van der Waals surface area contributed by atoms with Crippen LogP contribution in [0.1, 0.15) is 43.2 Å². The van der Waals surface area contributed by atoms with Crippen molar-refractivity contribution in [2.75, 3.05) is 5.75 Å². The molecule has 118 valence electrons. The van der Waals surface area contributed by atoms with Gasteiger partial charge in [-0.15, -0.1) is 11.8 Å². The molecule has 0 fully saturated rings. The first-order valence-corrected chi connectivity index (χ1v) is 9.01. The highest BCUT2D eigenvalue weighted by atomic mass is 32.2. The third-order valence-electron chi connectivity index (χ3n) is 4.36. The van der Waals surface area contributed by atoms with Crippen molar-refractivity contribution in [2.24, 2.45) is 0 Å². The van der Waals surface area contributed by atoms with Gasteiger partial charge >= 0.3 is 0 Å². The molecule has 1 aromatic carbocycles. The molecule has 0 bridgehead atoms. The lowest BCUT2D eigenvalue weighted by Crippen LogP contribution is -2.31. The Kier molecular flexibility index (Phi) is 4.58. The highest BCUT2D eigenvalue weighted by Crippen LogP contribution is 2.43. The van der Waals surface area contributed by atoms with Crippen molar-refractivity contribution in [3.05, 3.63) is 57.3 Å². The molecule has 0 spiro atoms. The minimum Gasteiger partial charge on any atom is -0.352 e. The van der Waals surface area contributed by atoms with E-state index >= 15 is 0 Å². The van der Waals surface area contributed by atoms with Crippen molar-refractivity contribution in [2.45, 2.75) is 39.0 Å². The van der Waals surface area contributed by atoms with Gasteiger partial charge < -0.3 is 5.32 Å². The Bertz CT molecular complexity index is 738. The molecule has 0 aromatic heterocycles. The van der Waals surface area contributed by atoms with Gasteiger partial charge in [0.25, 0.3) is 0 Å². The lowest BCUT2D eigenvalue weighted by molar-refractivity contribution is -0.116. The molecular weight excluding hydrogens is 304 g/mol. The molecule has 0 saturated carbocycles. The predicted molar refractivity (Wildman–Crippen MR) is 93.7 cm³/mol. The zero-order valence-electron chi connectivity index (χ0n) is 13.5. The van der Waals surface area contributed by atoms with Crippen molar-refractivity contribution in [1.29, 1.82) is 5.26 Å². The number of carbonyl (C=O) groups is 1. The number of dihydropyridines is 1. The van der Waals surface area contributed by atoms with E-state index in [4.69, 9.17) is 0 Å². The van der Waals surface area contributed by atoms with Gasteiger partial charge in [0.15, 0.2) is 5.78 Å². The number of rotatable bonds is 3. The van der Waals surface area contributed by atoms with E-state index in [-0.39, 0.29) is 11.7 Å². The van der Waals surface area contributed by atoms with Crippen LogP contribution in [-0.4, -0.2) is 11.5 Å². The number of hydrogen-bond donors (Lipinski definition) is 1. The molecule has 1 aliphatic carbocycles. The second kappa shape index (κ2) is 6.64. The summed E-state index contributed by atoms with van der Waals surface area (Å²) in [5, 5.41) is 14.0. The predicted octanol–water partition coefficient (Wildman–Crippen LogP) is 4.18. The topological polar surface area (TPSA) is 52.9 Å². The number of Topliss-reactive ketones (excluding diaryl/α,β-unsaturated/α-hetero) is 1. The van der Waals surface area contributed by atoms with E-state index in [1.165, 1.54) is 5.56 Å². The van der Waals surface area contributed by atoms with Gasteiger partial charge in [-0.2, -0.15) is 5.26 Å². The minimum atomic E-state index is -0.223. The molecule has 3 nitrogen and oxygen atoms in total. The first kappa shape index (κ1) is 15.9. The van der Waals surface area contributed by atoms with E-state index in [0.29, 0.717) is 12.0 Å². The molecular formula is C19H20N2OS. The number of ketones is 1. The fourth-order valence-electron chi connectivity index (χ4n) is 3.27. The highest BCUT2D eigenvalue weighted by Gasteiger charge is 2.36. The van der Waals surface area contributed by atoms with Gasteiger partial charge in [0.1, 0.15) is 0 Å². The molecule has 0 unspecified atom stereocenters. The maximum Gasteiger partial charge on any atom is 0.161 e. The molecule has 1 N–H and O–H groups in total. The van der Waals surface area contributed by atoms with E-state index < -0.39 is 0 Å². The summed E-state index contributed by atoms with van der Waals surface area (Å²) < 4.78 is 0. The molecule has 1 aromatic rings. The van der Waals surface area contributed by atoms with E-state index in [1.807, 2.05) is 31.2 Å². The molecule has 3 rings (SSSR count). The van der Waals surface area contributed by atoms with E-state index in [2.05, 4.69) is 18.3 Å². The zero-order valence-corrected chi connectivity index (χ0v) is 14.3. The lowest BCUT2D eigenvalue weighted by Gasteiger charge is -2.33. The molecule has 1 atom stereocenters. The average molecular weight is 324 g/mol. The maximum atomic E-state index is 12.6. The number of allylic oxidation sites excluding steroid dienone is 3. The van der Waals surface area contributed by atoms with Crippen molar-refractivity contribution in [3.63, 3.8) is 0 Å². The number of hydrogen-bond acceptors (Lipinski definition) is 4. The number of nitrogens with zero attached hydrogens (tertiary/aromatic N) is 1. The standard InChI is InChI=1S/C19H20N2OS/c1-3-23-19-14(11-20)17(13-9-7-12(2)8-10-13)18-15(21-19)5-4-6-16(18)22/h7-10,17,21H,3-6H2,1-2H3/t17-/m1/s1. The summed E-state index contributed by atoms with van der Waals surface area (Å²) >= 11 is 1.64. The van der Waals surface area contributed by atoms with Crippen molar-refractivity contribution >= 4 is 17.5 Å². The van der Waals surface area contributed by atoms with Crippen LogP contribution in [-0.2, 0) is 4.79 Å². The summed E-state index contributed by atoms with van der Waals surface area (Å²) in [7, 11) is 0. The Morgan fingerprint density at radius 1 is 1.30 bits per heavy atom. The van der Waals surface area contributed by atoms with Crippen LogP contribution in [0.25, 0.3) is 0 Å².